The zero-order valence-electron chi connectivity index (χ0n) is 10.8. The summed E-state index contributed by atoms with van der Waals surface area (Å²) in [5, 5.41) is 0. The third-order valence-corrected chi connectivity index (χ3v) is 3.61. The Morgan fingerprint density at radius 2 is 1.85 bits per heavy atom. The minimum Gasteiger partial charge on any atom is -0.397 e. The average molecular weight is 287 g/mol. The van der Waals surface area contributed by atoms with Gasteiger partial charge in [-0.05, 0) is 31.0 Å². The second kappa shape index (κ2) is 5.22. The summed E-state index contributed by atoms with van der Waals surface area (Å²) in [5.41, 5.74) is 12.3. The minimum atomic E-state index is -4.13. The summed E-state index contributed by atoms with van der Waals surface area (Å²) >= 11 is 0. The molecule has 0 aliphatic carbocycles. The maximum absolute atomic E-state index is 12.6. The van der Waals surface area contributed by atoms with Crippen molar-refractivity contribution in [2.75, 3.05) is 23.7 Å². The van der Waals surface area contributed by atoms with E-state index in [1.807, 2.05) is 4.90 Å². The van der Waals surface area contributed by atoms with Crippen LogP contribution in [-0.2, 0) is 0 Å². The lowest BCUT2D eigenvalue weighted by atomic mass is 9.95. The van der Waals surface area contributed by atoms with Crippen LogP contribution >= 0.6 is 0 Å². The zero-order chi connectivity index (χ0) is 14.9. The molecule has 0 aromatic heterocycles. The molecule has 1 aliphatic heterocycles. The number of hydrogen-bond donors (Lipinski definition) is 2. The number of carbonyl (C=O) groups is 1. The highest BCUT2D eigenvalue weighted by atomic mass is 19.4. The van der Waals surface area contributed by atoms with Crippen LogP contribution in [0.4, 0.5) is 24.5 Å². The lowest BCUT2D eigenvalue weighted by Gasteiger charge is -2.35. The van der Waals surface area contributed by atoms with Gasteiger partial charge < -0.3 is 16.4 Å². The molecule has 1 aromatic rings. The number of piperidine rings is 1. The zero-order valence-corrected chi connectivity index (χ0v) is 10.8. The number of nitrogen functional groups attached to an aromatic ring is 1. The number of rotatable bonds is 2. The van der Waals surface area contributed by atoms with Crippen LogP contribution < -0.4 is 16.4 Å². The maximum atomic E-state index is 12.6. The van der Waals surface area contributed by atoms with E-state index in [-0.39, 0.29) is 18.4 Å². The highest BCUT2D eigenvalue weighted by Crippen LogP contribution is 2.36. The first-order chi connectivity index (χ1) is 9.29. The molecule has 4 N–H and O–H groups in total. The van der Waals surface area contributed by atoms with Crippen molar-refractivity contribution >= 4 is 17.3 Å². The Balaban J connectivity index is 2.09. The molecule has 0 unspecified atom stereocenters. The number of benzene rings is 1. The molecule has 7 heteroatoms. The molecule has 1 aliphatic rings. The first-order valence-corrected chi connectivity index (χ1v) is 6.30. The Morgan fingerprint density at radius 1 is 1.25 bits per heavy atom. The van der Waals surface area contributed by atoms with Gasteiger partial charge in [0.15, 0.2) is 0 Å². The molecule has 20 heavy (non-hydrogen) atoms. The lowest BCUT2D eigenvalue weighted by molar-refractivity contribution is -0.179. The molecule has 0 radical (unpaired) electrons. The fraction of sp³-hybridized carbons (Fsp3) is 0.462. The third-order valence-electron chi connectivity index (χ3n) is 3.61. The minimum absolute atomic E-state index is 0.0561. The predicted octanol–water partition coefficient (Wildman–Crippen LogP) is 2.15. The summed E-state index contributed by atoms with van der Waals surface area (Å²) in [4.78, 5) is 12.8. The molecule has 1 amide bonds. The number of halogens is 3. The van der Waals surface area contributed by atoms with E-state index in [9.17, 15) is 18.0 Å². The van der Waals surface area contributed by atoms with Crippen molar-refractivity contribution < 1.29 is 18.0 Å². The van der Waals surface area contributed by atoms with Gasteiger partial charge in [-0.25, -0.2) is 0 Å². The Hall–Kier alpha value is -1.92. The first kappa shape index (κ1) is 14.5. The van der Waals surface area contributed by atoms with Gasteiger partial charge in [-0.3, -0.25) is 4.79 Å². The molecule has 0 atom stereocenters. The van der Waals surface area contributed by atoms with E-state index in [1.54, 1.807) is 6.07 Å². The Morgan fingerprint density at radius 3 is 2.30 bits per heavy atom. The van der Waals surface area contributed by atoms with Crippen LogP contribution in [-0.4, -0.2) is 25.2 Å². The Labute approximate surface area is 114 Å². The normalized spacial score (nSPS) is 17.2. The number of carbonyl (C=O) groups excluding carboxylic acids is 1. The molecule has 0 bridgehead atoms. The molecule has 4 nitrogen and oxygen atoms in total. The van der Waals surface area contributed by atoms with Gasteiger partial charge in [-0.2, -0.15) is 13.2 Å². The Bertz CT molecular complexity index is 508. The molecule has 0 saturated carbocycles. The molecular weight excluding hydrogens is 271 g/mol. The van der Waals surface area contributed by atoms with E-state index < -0.39 is 18.0 Å². The van der Waals surface area contributed by atoms with Crippen LogP contribution in [0.5, 0.6) is 0 Å². The summed E-state index contributed by atoms with van der Waals surface area (Å²) in [5.74, 6) is -1.83. The smallest absolute Gasteiger partial charge is 0.391 e. The number of nitrogens with zero attached hydrogens (tertiary/aromatic N) is 1. The van der Waals surface area contributed by atoms with Crippen LogP contribution in [0.15, 0.2) is 18.2 Å². The van der Waals surface area contributed by atoms with E-state index >= 15 is 0 Å². The van der Waals surface area contributed by atoms with E-state index in [0.717, 1.165) is 0 Å². The van der Waals surface area contributed by atoms with Crippen LogP contribution in [0.25, 0.3) is 0 Å². The number of hydrogen-bond acceptors (Lipinski definition) is 3. The second-order valence-corrected chi connectivity index (χ2v) is 4.94. The van der Waals surface area contributed by atoms with E-state index in [2.05, 4.69) is 0 Å². The lowest BCUT2D eigenvalue weighted by Crippen LogP contribution is -2.39. The van der Waals surface area contributed by atoms with Gasteiger partial charge in [0.05, 0.1) is 17.3 Å². The average Bonchev–Trinajstić information content (AvgIpc) is 2.37. The summed E-state index contributed by atoms with van der Waals surface area (Å²) in [6.07, 6.45) is -4.02. The summed E-state index contributed by atoms with van der Waals surface area (Å²) in [6, 6.07) is 4.61. The van der Waals surface area contributed by atoms with Crippen molar-refractivity contribution in [2.24, 2.45) is 11.7 Å². The molecule has 1 heterocycles. The monoisotopic (exact) mass is 287 g/mol. The predicted molar refractivity (Wildman–Crippen MR) is 70.4 cm³/mol. The standard InChI is InChI=1S/C13H16F3N3O/c14-13(15,16)9-3-5-19(6-4-9)11-2-1-8(12(18)20)7-10(11)17/h1-2,7,9H,3-6,17H2,(H2,18,20). The largest absolute Gasteiger partial charge is 0.397 e. The number of alkyl halides is 3. The number of amides is 1. The molecular formula is C13H16F3N3O. The van der Waals surface area contributed by atoms with Gasteiger partial charge in [-0.15, -0.1) is 0 Å². The van der Waals surface area contributed by atoms with Crippen molar-refractivity contribution in [2.45, 2.75) is 19.0 Å². The second-order valence-electron chi connectivity index (χ2n) is 4.94. The van der Waals surface area contributed by atoms with Crippen LogP contribution in [0.1, 0.15) is 23.2 Å². The van der Waals surface area contributed by atoms with Gasteiger partial charge in [-0.1, -0.05) is 0 Å². The SMILES string of the molecule is NC(=O)c1ccc(N2CCC(C(F)(F)F)CC2)c(N)c1. The van der Waals surface area contributed by atoms with Crippen LogP contribution in [0, 0.1) is 5.92 Å². The van der Waals surface area contributed by atoms with Crippen LogP contribution in [0.3, 0.4) is 0 Å². The van der Waals surface area contributed by atoms with E-state index in [1.165, 1.54) is 12.1 Å². The highest BCUT2D eigenvalue weighted by molar-refractivity contribution is 5.94. The first-order valence-electron chi connectivity index (χ1n) is 6.30. The summed E-state index contributed by atoms with van der Waals surface area (Å²) in [7, 11) is 0. The van der Waals surface area contributed by atoms with Crippen molar-refractivity contribution in [3.8, 4) is 0 Å². The molecule has 1 saturated heterocycles. The molecule has 1 fully saturated rings. The van der Waals surface area contributed by atoms with Crippen LogP contribution in [0.2, 0.25) is 0 Å². The molecule has 1 aromatic carbocycles. The maximum Gasteiger partial charge on any atom is 0.391 e. The topological polar surface area (TPSA) is 72.4 Å². The van der Waals surface area contributed by atoms with Gasteiger partial charge >= 0.3 is 6.18 Å². The Kier molecular flexibility index (Phi) is 3.78. The summed E-state index contributed by atoms with van der Waals surface area (Å²) in [6.45, 7) is 0.592. The van der Waals surface area contributed by atoms with Crippen molar-refractivity contribution in [1.82, 2.24) is 0 Å². The number of nitrogens with two attached hydrogens (primary N) is 2. The fourth-order valence-electron chi connectivity index (χ4n) is 2.44. The molecule has 2 rings (SSSR count). The van der Waals surface area contributed by atoms with E-state index in [4.69, 9.17) is 11.5 Å². The highest BCUT2D eigenvalue weighted by Gasteiger charge is 2.41. The summed E-state index contributed by atoms with van der Waals surface area (Å²) < 4.78 is 37.8. The third kappa shape index (κ3) is 2.97. The molecule has 110 valence electrons. The van der Waals surface area contributed by atoms with E-state index in [0.29, 0.717) is 24.5 Å². The quantitative estimate of drug-likeness (QED) is 0.819. The fourth-order valence-corrected chi connectivity index (χ4v) is 2.44. The number of anilines is 2. The van der Waals surface area contributed by atoms with Crippen molar-refractivity contribution in [1.29, 1.82) is 0 Å². The van der Waals surface area contributed by atoms with Crippen molar-refractivity contribution in [3.05, 3.63) is 23.8 Å². The van der Waals surface area contributed by atoms with Crippen molar-refractivity contribution in [3.63, 3.8) is 0 Å². The number of primary amides is 1. The molecule has 0 spiro atoms. The van der Waals surface area contributed by atoms with Gasteiger partial charge in [0.2, 0.25) is 5.91 Å². The van der Waals surface area contributed by atoms with Gasteiger partial charge in [0, 0.05) is 18.7 Å². The van der Waals surface area contributed by atoms with Gasteiger partial charge in [0.25, 0.3) is 0 Å². The van der Waals surface area contributed by atoms with Gasteiger partial charge in [0.1, 0.15) is 0 Å².